The molecular formula is C13H21NO3S. The zero-order valence-electron chi connectivity index (χ0n) is 11.1. The predicted octanol–water partition coefficient (Wildman–Crippen LogP) is 2.59. The van der Waals surface area contributed by atoms with Gasteiger partial charge in [0.05, 0.1) is 17.9 Å². The number of carboxylic acid groups (broad SMARTS) is 1. The lowest BCUT2D eigenvalue weighted by Gasteiger charge is -2.15. The van der Waals surface area contributed by atoms with Crippen molar-refractivity contribution in [2.75, 3.05) is 13.7 Å². The van der Waals surface area contributed by atoms with Gasteiger partial charge in [0, 0.05) is 13.1 Å². The van der Waals surface area contributed by atoms with Crippen LogP contribution in [0.4, 0.5) is 0 Å². The summed E-state index contributed by atoms with van der Waals surface area (Å²) in [6, 6.07) is 1.92. The molecule has 0 aliphatic heterocycles. The van der Waals surface area contributed by atoms with Crippen LogP contribution in [-0.4, -0.2) is 24.7 Å². The Morgan fingerprint density at radius 3 is 2.83 bits per heavy atom. The van der Waals surface area contributed by atoms with Gasteiger partial charge in [-0.25, -0.2) is 0 Å². The summed E-state index contributed by atoms with van der Waals surface area (Å²) in [6.45, 7) is 5.23. The summed E-state index contributed by atoms with van der Waals surface area (Å²) in [5, 5.41) is 14.3. The zero-order valence-corrected chi connectivity index (χ0v) is 11.9. The molecule has 0 saturated heterocycles. The third kappa shape index (κ3) is 4.66. The van der Waals surface area contributed by atoms with Crippen LogP contribution in [0, 0.1) is 11.8 Å². The second kappa shape index (κ2) is 7.38. The smallest absolute Gasteiger partial charge is 0.307 e. The first-order chi connectivity index (χ1) is 8.54. The minimum atomic E-state index is -0.727. The fraction of sp³-hybridized carbons (Fsp3) is 0.615. The Balaban J connectivity index is 2.41. The molecule has 4 nitrogen and oxygen atoms in total. The SMILES string of the molecule is COc1ccsc1CNCC(CC(C)C)C(=O)O. The number of hydrogen-bond donors (Lipinski definition) is 2. The second-order valence-electron chi connectivity index (χ2n) is 4.71. The highest BCUT2D eigenvalue weighted by Crippen LogP contribution is 2.24. The molecule has 5 heteroatoms. The Hall–Kier alpha value is -1.07. The summed E-state index contributed by atoms with van der Waals surface area (Å²) in [4.78, 5) is 12.2. The molecule has 0 aliphatic carbocycles. The number of thiophene rings is 1. The average molecular weight is 271 g/mol. The Morgan fingerprint density at radius 2 is 2.28 bits per heavy atom. The number of hydrogen-bond acceptors (Lipinski definition) is 4. The van der Waals surface area contributed by atoms with Crippen LogP contribution in [0.25, 0.3) is 0 Å². The van der Waals surface area contributed by atoms with Gasteiger partial charge in [-0.1, -0.05) is 13.8 Å². The number of rotatable bonds is 8. The van der Waals surface area contributed by atoms with Crippen molar-refractivity contribution in [2.24, 2.45) is 11.8 Å². The van der Waals surface area contributed by atoms with Gasteiger partial charge in [-0.3, -0.25) is 4.79 Å². The molecule has 2 N–H and O–H groups in total. The van der Waals surface area contributed by atoms with Gasteiger partial charge in [-0.05, 0) is 23.8 Å². The van der Waals surface area contributed by atoms with E-state index in [1.807, 2.05) is 25.3 Å². The van der Waals surface area contributed by atoms with Gasteiger partial charge in [-0.2, -0.15) is 0 Å². The Kier molecular flexibility index (Phi) is 6.15. The van der Waals surface area contributed by atoms with E-state index in [4.69, 9.17) is 9.84 Å². The van der Waals surface area contributed by atoms with Gasteiger partial charge in [0.25, 0.3) is 0 Å². The quantitative estimate of drug-likeness (QED) is 0.763. The van der Waals surface area contributed by atoms with Crippen molar-refractivity contribution < 1.29 is 14.6 Å². The Bertz CT molecular complexity index is 376. The van der Waals surface area contributed by atoms with Crippen LogP contribution in [0.5, 0.6) is 5.75 Å². The van der Waals surface area contributed by atoms with E-state index >= 15 is 0 Å². The molecular weight excluding hydrogens is 250 g/mol. The van der Waals surface area contributed by atoms with Crippen molar-refractivity contribution in [1.29, 1.82) is 0 Å². The molecule has 0 amide bonds. The molecule has 0 radical (unpaired) electrons. The van der Waals surface area contributed by atoms with Crippen molar-refractivity contribution in [3.05, 3.63) is 16.3 Å². The third-order valence-electron chi connectivity index (χ3n) is 2.71. The average Bonchev–Trinajstić information content (AvgIpc) is 2.74. The number of aliphatic carboxylic acids is 1. The first-order valence-corrected chi connectivity index (χ1v) is 6.96. The lowest BCUT2D eigenvalue weighted by atomic mass is 9.97. The van der Waals surface area contributed by atoms with Crippen LogP contribution >= 0.6 is 11.3 Å². The third-order valence-corrected chi connectivity index (χ3v) is 3.61. The van der Waals surface area contributed by atoms with Crippen LogP contribution in [0.15, 0.2) is 11.4 Å². The number of carboxylic acids is 1. The molecule has 102 valence electrons. The summed E-state index contributed by atoms with van der Waals surface area (Å²) in [7, 11) is 1.64. The molecule has 0 aliphatic rings. The van der Waals surface area contributed by atoms with Crippen LogP contribution in [0.2, 0.25) is 0 Å². The highest BCUT2D eigenvalue weighted by atomic mass is 32.1. The predicted molar refractivity (Wildman–Crippen MR) is 73.2 cm³/mol. The second-order valence-corrected chi connectivity index (χ2v) is 5.71. The van der Waals surface area contributed by atoms with Crippen molar-refractivity contribution >= 4 is 17.3 Å². The molecule has 0 spiro atoms. The van der Waals surface area contributed by atoms with E-state index in [-0.39, 0.29) is 5.92 Å². The summed E-state index contributed by atoms with van der Waals surface area (Å²) < 4.78 is 5.21. The molecule has 1 atom stereocenters. The van der Waals surface area contributed by atoms with Gasteiger partial charge in [-0.15, -0.1) is 11.3 Å². The van der Waals surface area contributed by atoms with Crippen LogP contribution < -0.4 is 10.1 Å². The minimum Gasteiger partial charge on any atom is -0.496 e. The molecule has 1 aromatic rings. The summed E-state index contributed by atoms with van der Waals surface area (Å²) >= 11 is 1.61. The molecule has 1 unspecified atom stereocenters. The molecule has 0 saturated carbocycles. The zero-order chi connectivity index (χ0) is 13.5. The summed E-state index contributed by atoms with van der Waals surface area (Å²) in [5.74, 6) is 0.206. The molecule has 1 heterocycles. The van der Waals surface area contributed by atoms with Gasteiger partial charge in [0.2, 0.25) is 0 Å². The molecule has 0 fully saturated rings. The van der Waals surface area contributed by atoms with Crippen molar-refractivity contribution in [3.8, 4) is 5.75 Å². The van der Waals surface area contributed by atoms with E-state index in [0.29, 0.717) is 25.4 Å². The first-order valence-electron chi connectivity index (χ1n) is 6.08. The minimum absolute atomic E-state index is 0.323. The number of carbonyl (C=O) groups is 1. The normalized spacial score (nSPS) is 12.7. The highest BCUT2D eigenvalue weighted by molar-refractivity contribution is 7.10. The van der Waals surface area contributed by atoms with E-state index in [9.17, 15) is 4.79 Å². The van der Waals surface area contributed by atoms with E-state index in [1.165, 1.54) is 0 Å². The highest BCUT2D eigenvalue weighted by Gasteiger charge is 2.18. The molecule has 0 aromatic carbocycles. The maximum atomic E-state index is 11.1. The van der Waals surface area contributed by atoms with Gasteiger partial charge < -0.3 is 15.2 Å². The Morgan fingerprint density at radius 1 is 1.56 bits per heavy atom. The first kappa shape index (κ1) is 15.0. The fourth-order valence-electron chi connectivity index (χ4n) is 1.84. The van der Waals surface area contributed by atoms with Crippen LogP contribution in [0.1, 0.15) is 25.1 Å². The fourth-order valence-corrected chi connectivity index (χ4v) is 2.65. The van der Waals surface area contributed by atoms with Crippen molar-refractivity contribution in [3.63, 3.8) is 0 Å². The lowest BCUT2D eigenvalue weighted by Crippen LogP contribution is -2.29. The number of methoxy groups -OCH3 is 1. The number of nitrogens with one attached hydrogen (secondary N) is 1. The van der Waals surface area contributed by atoms with E-state index < -0.39 is 5.97 Å². The maximum absolute atomic E-state index is 11.1. The summed E-state index contributed by atoms with van der Waals surface area (Å²) in [5.41, 5.74) is 0. The van der Waals surface area contributed by atoms with Gasteiger partial charge in [0.1, 0.15) is 5.75 Å². The van der Waals surface area contributed by atoms with Gasteiger partial charge in [0.15, 0.2) is 0 Å². The van der Waals surface area contributed by atoms with E-state index in [2.05, 4.69) is 5.32 Å². The van der Waals surface area contributed by atoms with E-state index in [1.54, 1.807) is 18.4 Å². The van der Waals surface area contributed by atoms with Crippen LogP contribution in [0.3, 0.4) is 0 Å². The molecule has 0 bridgehead atoms. The standard InChI is InChI=1S/C13H21NO3S/c1-9(2)6-10(13(15)16)7-14-8-12-11(17-3)4-5-18-12/h4-5,9-10,14H,6-8H2,1-3H3,(H,15,16). The molecule has 18 heavy (non-hydrogen) atoms. The molecule has 1 aromatic heterocycles. The van der Waals surface area contributed by atoms with Gasteiger partial charge >= 0.3 is 5.97 Å². The monoisotopic (exact) mass is 271 g/mol. The van der Waals surface area contributed by atoms with E-state index in [0.717, 1.165) is 10.6 Å². The van der Waals surface area contributed by atoms with Crippen molar-refractivity contribution in [1.82, 2.24) is 5.32 Å². The molecule has 1 rings (SSSR count). The largest absolute Gasteiger partial charge is 0.496 e. The summed E-state index contributed by atoms with van der Waals surface area (Å²) in [6.07, 6.45) is 0.698. The topological polar surface area (TPSA) is 58.6 Å². The lowest BCUT2D eigenvalue weighted by molar-refractivity contribution is -0.142. The van der Waals surface area contributed by atoms with Crippen LogP contribution in [-0.2, 0) is 11.3 Å². The number of ether oxygens (including phenoxy) is 1. The van der Waals surface area contributed by atoms with Crippen molar-refractivity contribution in [2.45, 2.75) is 26.8 Å². The Labute approximate surface area is 112 Å². The maximum Gasteiger partial charge on any atom is 0.307 e.